The molecule has 0 aliphatic rings. The quantitative estimate of drug-likeness (QED) is 0.626. The molecule has 1 atom stereocenters. The zero-order valence-corrected chi connectivity index (χ0v) is 17.3. The molecule has 0 aliphatic carbocycles. The molecular formula is C22H26N4O2. The zero-order chi connectivity index (χ0) is 20.4. The monoisotopic (exact) mass is 378 g/mol. The smallest absolute Gasteiger partial charge is 0.222 e. The third-order valence-corrected chi connectivity index (χ3v) is 4.92. The molecule has 0 N–H and O–H groups in total. The van der Waals surface area contributed by atoms with Gasteiger partial charge in [0.2, 0.25) is 5.88 Å². The number of ether oxygens (including phenoxy) is 2. The summed E-state index contributed by atoms with van der Waals surface area (Å²) in [4.78, 5) is 9.50. The number of nitriles is 1. The predicted octanol–water partition coefficient (Wildman–Crippen LogP) is 4.62. The Hall–Kier alpha value is -2.91. The SMILES string of the molecule is COC[C@H](C)n1cc(C#N)c2nc(-c3ccc(C(C)C)nc3OC)c(C)cc21. The Kier molecular flexibility index (Phi) is 5.66. The van der Waals surface area contributed by atoms with Crippen LogP contribution in [0.15, 0.2) is 24.4 Å². The number of methoxy groups -OCH3 is 2. The molecule has 0 aromatic carbocycles. The summed E-state index contributed by atoms with van der Waals surface area (Å²) in [7, 11) is 3.29. The van der Waals surface area contributed by atoms with E-state index in [1.54, 1.807) is 14.2 Å². The molecule has 3 rings (SSSR count). The fraction of sp³-hybridized carbons (Fsp3) is 0.409. The number of fused-ring (bicyclic) bond motifs is 1. The van der Waals surface area contributed by atoms with E-state index >= 15 is 0 Å². The van der Waals surface area contributed by atoms with Crippen molar-refractivity contribution in [2.24, 2.45) is 0 Å². The first-order valence-corrected chi connectivity index (χ1v) is 9.37. The van der Waals surface area contributed by atoms with Gasteiger partial charge in [0.1, 0.15) is 11.6 Å². The average molecular weight is 378 g/mol. The summed E-state index contributed by atoms with van der Waals surface area (Å²) in [6, 6.07) is 8.44. The first-order valence-electron chi connectivity index (χ1n) is 9.37. The Morgan fingerprint density at radius 1 is 1.18 bits per heavy atom. The van der Waals surface area contributed by atoms with Crippen LogP contribution in [0.1, 0.15) is 49.6 Å². The van der Waals surface area contributed by atoms with E-state index in [1.165, 1.54) is 0 Å². The van der Waals surface area contributed by atoms with Crippen LogP contribution in [0.4, 0.5) is 0 Å². The molecule has 0 amide bonds. The second-order valence-corrected chi connectivity index (χ2v) is 7.34. The Balaban J connectivity index is 2.22. The Morgan fingerprint density at radius 3 is 2.54 bits per heavy atom. The molecule has 6 heteroatoms. The van der Waals surface area contributed by atoms with Gasteiger partial charge in [0, 0.05) is 19.0 Å². The summed E-state index contributed by atoms with van der Waals surface area (Å²) in [5.41, 5.74) is 5.72. The van der Waals surface area contributed by atoms with Crippen LogP contribution in [0.25, 0.3) is 22.3 Å². The lowest BCUT2D eigenvalue weighted by Gasteiger charge is -2.15. The van der Waals surface area contributed by atoms with Crippen molar-refractivity contribution in [2.75, 3.05) is 20.8 Å². The fourth-order valence-electron chi connectivity index (χ4n) is 3.42. The number of rotatable bonds is 6. The zero-order valence-electron chi connectivity index (χ0n) is 17.3. The highest BCUT2D eigenvalue weighted by Gasteiger charge is 2.19. The van der Waals surface area contributed by atoms with Crippen LogP contribution in [0, 0.1) is 18.3 Å². The van der Waals surface area contributed by atoms with E-state index < -0.39 is 0 Å². The van der Waals surface area contributed by atoms with Crippen LogP contribution in [-0.4, -0.2) is 35.4 Å². The predicted molar refractivity (Wildman–Crippen MR) is 110 cm³/mol. The van der Waals surface area contributed by atoms with Crippen LogP contribution in [0.5, 0.6) is 5.88 Å². The number of aryl methyl sites for hydroxylation is 1. The number of nitrogens with zero attached hydrogens (tertiary/aromatic N) is 4. The third-order valence-electron chi connectivity index (χ3n) is 4.92. The summed E-state index contributed by atoms with van der Waals surface area (Å²) >= 11 is 0. The molecular weight excluding hydrogens is 352 g/mol. The topological polar surface area (TPSA) is 73.0 Å². The van der Waals surface area contributed by atoms with E-state index in [0.717, 1.165) is 28.0 Å². The van der Waals surface area contributed by atoms with Crippen molar-refractivity contribution in [1.29, 1.82) is 5.26 Å². The highest BCUT2D eigenvalue weighted by atomic mass is 16.5. The van der Waals surface area contributed by atoms with Crippen molar-refractivity contribution in [3.05, 3.63) is 41.2 Å². The van der Waals surface area contributed by atoms with E-state index in [0.29, 0.717) is 29.5 Å². The summed E-state index contributed by atoms with van der Waals surface area (Å²) in [6.45, 7) is 8.83. The second kappa shape index (κ2) is 7.99. The normalized spacial score (nSPS) is 12.4. The van der Waals surface area contributed by atoms with Crippen molar-refractivity contribution in [1.82, 2.24) is 14.5 Å². The second-order valence-electron chi connectivity index (χ2n) is 7.34. The van der Waals surface area contributed by atoms with Crippen molar-refractivity contribution in [3.63, 3.8) is 0 Å². The summed E-state index contributed by atoms with van der Waals surface area (Å²) in [5, 5.41) is 9.62. The molecule has 3 aromatic rings. The molecule has 3 aromatic heterocycles. The maximum absolute atomic E-state index is 9.62. The molecule has 6 nitrogen and oxygen atoms in total. The lowest BCUT2D eigenvalue weighted by Crippen LogP contribution is -2.10. The van der Waals surface area contributed by atoms with Crippen LogP contribution in [0.2, 0.25) is 0 Å². The van der Waals surface area contributed by atoms with Gasteiger partial charge < -0.3 is 14.0 Å². The molecule has 0 saturated heterocycles. The van der Waals surface area contributed by atoms with Crippen molar-refractivity contribution >= 4 is 11.0 Å². The number of hydrogen-bond acceptors (Lipinski definition) is 5. The summed E-state index contributed by atoms with van der Waals surface area (Å²) in [5.74, 6) is 0.854. The molecule has 0 aliphatic heterocycles. The van der Waals surface area contributed by atoms with Crippen molar-refractivity contribution < 1.29 is 9.47 Å². The van der Waals surface area contributed by atoms with Gasteiger partial charge in [0.15, 0.2) is 0 Å². The molecule has 0 unspecified atom stereocenters. The van der Waals surface area contributed by atoms with Crippen LogP contribution < -0.4 is 4.74 Å². The minimum atomic E-state index is 0.100. The van der Waals surface area contributed by atoms with Crippen molar-refractivity contribution in [3.8, 4) is 23.2 Å². The Labute approximate surface area is 165 Å². The lowest BCUT2D eigenvalue weighted by atomic mass is 10.0. The van der Waals surface area contributed by atoms with Gasteiger partial charge in [-0.1, -0.05) is 13.8 Å². The van der Waals surface area contributed by atoms with Gasteiger partial charge in [-0.3, -0.25) is 0 Å². The van der Waals surface area contributed by atoms with Gasteiger partial charge in [0.25, 0.3) is 0 Å². The minimum Gasteiger partial charge on any atom is -0.480 e. The molecule has 0 bridgehead atoms. The molecule has 146 valence electrons. The Morgan fingerprint density at radius 2 is 1.93 bits per heavy atom. The number of pyridine rings is 2. The standard InChI is InChI=1S/C22H26N4O2/c1-13(2)18-8-7-17(22(24-18)28-6)20-14(3)9-19-21(25-20)16(10-23)11-26(19)15(4)12-27-5/h7-9,11,13,15H,12H2,1-6H3/t15-/m0/s1. The lowest BCUT2D eigenvalue weighted by molar-refractivity contribution is 0.164. The van der Waals surface area contributed by atoms with E-state index in [4.69, 9.17) is 14.5 Å². The molecule has 28 heavy (non-hydrogen) atoms. The van der Waals surface area contributed by atoms with Crippen LogP contribution in [-0.2, 0) is 4.74 Å². The fourth-order valence-corrected chi connectivity index (χ4v) is 3.42. The third kappa shape index (κ3) is 3.46. The van der Waals surface area contributed by atoms with E-state index in [9.17, 15) is 5.26 Å². The van der Waals surface area contributed by atoms with E-state index in [1.807, 2.05) is 25.3 Å². The van der Waals surface area contributed by atoms with E-state index in [-0.39, 0.29) is 6.04 Å². The first kappa shape index (κ1) is 19.8. The Bertz CT molecular complexity index is 1050. The van der Waals surface area contributed by atoms with Gasteiger partial charge in [-0.15, -0.1) is 0 Å². The number of hydrogen-bond donors (Lipinski definition) is 0. The van der Waals surface area contributed by atoms with Gasteiger partial charge in [-0.25, -0.2) is 9.97 Å². The molecule has 0 radical (unpaired) electrons. The molecule has 0 spiro atoms. The largest absolute Gasteiger partial charge is 0.480 e. The van der Waals surface area contributed by atoms with Crippen LogP contribution in [0.3, 0.4) is 0 Å². The first-order chi connectivity index (χ1) is 13.4. The van der Waals surface area contributed by atoms with Gasteiger partial charge in [0.05, 0.1) is 42.1 Å². The molecule has 0 saturated carbocycles. The summed E-state index contributed by atoms with van der Waals surface area (Å²) in [6.07, 6.45) is 1.85. The minimum absolute atomic E-state index is 0.100. The maximum Gasteiger partial charge on any atom is 0.222 e. The van der Waals surface area contributed by atoms with Crippen LogP contribution >= 0.6 is 0 Å². The highest BCUT2D eigenvalue weighted by Crippen LogP contribution is 2.34. The summed E-state index contributed by atoms with van der Waals surface area (Å²) < 4.78 is 12.9. The maximum atomic E-state index is 9.62. The van der Waals surface area contributed by atoms with Gasteiger partial charge in [-0.05, 0) is 43.5 Å². The highest BCUT2D eigenvalue weighted by molar-refractivity contribution is 5.87. The van der Waals surface area contributed by atoms with Gasteiger partial charge in [-0.2, -0.15) is 5.26 Å². The van der Waals surface area contributed by atoms with E-state index in [2.05, 4.69) is 42.5 Å². The number of aromatic nitrogens is 3. The molecule has 0 fully saturated rings. The average Bonchev–Trinajstić information content (AvgIpc) is 3.04. The van der Waals surface area contributed by atoms with Gasteiger partial charge >= 0.3 is 0 Å². The van der Waals surface area contributed by atoms with Crippen molar-refractivity contribution in [2.45, 2.75) is 39.7 Å². The molecule has 3 heterocycles.